The molecule has 3 N–H and O–H groups in total. The van der Waals surface area contributed by atoms with Gasteiger partial charge in [-0.15, -0.1) is 0 Å². The second kappa shape index (κ2) is 6.96. The number of aromatic nitrogens is 2. The smallest absolute Gasteiger partial charge is 0.251 e. The predicted octanol–water partition coefficient (Wildman–Crippen LogP) is 2.79. The minimum atomic E-state index is -0.109. The lowest BCUT2D eigenvalue weighted by Gasteiger charge is -2.16. The minimum absolute atomic E-state index is 0.0553. The average Bonchev–Trinajstić information content (AvgIpc) is 3.31. The number of carbonyl (C=O) groups excluding carboxylic acids is 1. The maximum atomic E-state index is 12.5. The molecular formula is C19H26N4O2. The highest BCUT2D eigenvalue weighted by Gasteiger charge is 2.31. The topological polar surface area (TPSA) is 94.0 Å². The molecule has 1 aliphatic carbocycles. The van der Waals surface area contributed by atoms with Gasteiger partial charge in [0.1, 0.15) is 0 Å². The molecule has 3 rings (SSSR count). The Balaban J connectivity index is 1.73. The van der Waals surface area contributed by atoms with Crippen molar-refractivity contribution in [2.75, 3.05) is 6.54 Å². The van der Waals surface area contributed by atoms with Crippen molar-refractivity contribution in [1.82, 2.24) is 15.5 Å². The Morgan fingerprint density at radius 1 is 1.40 bits per heavy atom. The Morgan fingerprint density at radius 2 is 2.16 bits per heavy atom. The number of rotatable bonds is 6. The van der Waals surface area contributed by atoms with E-state index in [1.165, 1.54) is 0 Å². The van der Waals surface area contributed by atoms with E-state index in [9.17, 15) is 4.79 Å². The van der Waals surface area contributed by atoms with E-state index in [4.69, 9.17) is 10.3 Å². The third-order valence-electron chi connectivity index (χ3n) is 4.29. The number of hydrogen-bond donors (Lipinski definition) is 2. The fourth-order valence-corrected chi connectivity index (χ4v) is 2.82. The van der Waals surface area contributed by atoms with Crippen LogP contribution in [0.2, 0.25) is 0 Å². The molecule has 1 unspecified atom stereocenters. The van der Waals surface area contributed by atoms with Crippen LogP contribution in [0.5, 0.6) is 0 Å². The van der Waals surface area contributed by atoms with Crippen molar-refractivity contribution in [3.05, 3.63) is 35.7 Å². The number of benzene rings is 1. The first-order chi connectivity index (χ1) is 11.9. The Bertz CT molecular complexity index is 744. The monoisotopic (exact) mass is 342 g/mol. The van der Waals surface area contributed by atoms with Gasteiger partial charge in [-0.3, -0.25) is 4.79 Å². The molecule has 6 heteroatoms. The predicted molar refractivity (Wildman–Crippen MR) is 95.9 cm³/mol. The summed E-state index contributed by atoms with van der Waals surface area (Å²) < 4.78 is 5.34. The summed E-state index contributed by atoms with van der Waals surface area (Å²) >= 11 is 0. The van der Waals surface area contributed by atoms with Gasteiger partial charge in [0.2, 0.25) is 11.7 Å². The van der Waals surface area contributed by atoms with Crippen molar-refractivity contribution < 1.29 is 9.32 Å². The van der Waals surface area contributed by atoms with Gasteiger partial charge in [0.15, 0.2) is 0 Å². The molecule has 1 fully saturated rings. The third kappa shape index (κ3) is 4.66. The molecule has 0 saturated heterocycles. The van der Waals surface area contributed by atoms with E-state index in [1.807, 2.05) is 12.1 Å². The first kappa shape index (κ1) is 17.6. The number of hydrogen-bond acceptors (Lipinski definition) is 5. The van der Waals surface area contributed by atoms with Crippen molar-refractivity contribution in [2.45, 2.75) is 46.1 Å². The van der Waals surface area contributed by atoms with Gasteiger partial charge in [-0.05, 0) is 36.3 Å². The molecule has 1 aliphatic rings. The summed E-state index contributed by atoms with van der Waals surface area (Å²) in [5, 5.41) is 7.08. The molecule has 1 aromatic heterocycles. The van der Waals surface area contributed by atoms with Gasteiger partial charge in [-0.25, -0.2) is 0 Å². The van der Waals surface area contributed by atoms with Crippen LogP contribution in [0.3, 0.4) is 0 Å². The molecule has 1 saturated carbocycles. The zero-order valence-electron chi connectivity index (χ0n) is 15.1. The number of nitrogens with two attached hydrogens (primary N) is 1. The molecule has 25 heavy (non-hydrogen) atoms. The van der Waals surface area contributed by atoms with Gasteiger partial charge in [-0.2, -0.15) is 4.98 Å². The second-order valence-electron chi connectivity index (χ2n) is 7.98. The number of amides is 1. The summed E-state index contributed by atoms with van der Waals surface area (Å²) in [4.78, 5) is 16.9. The van der Waals surface area contributed by atoms with Gasteiger partial charge in [-0.1, -0.05) is 38.1 Å². The highest BCUT2D eigenvalue weighted by atomic mass is 16.5. The van der Waals surface area contributed by atoms with Crippen molar-refractivity contribution in [2.24, 2.45) is 17.1 Å². The molecule has 2 aromatic rings. The SMILES string of the molecule is CC(C)(C)Cc1nc(-c2cccc(C(=O)NC(CN)C3CC3)c2)no1. The van der Waals surface area contributed by atoms with Crippen LogP contribution in [0.25, 0.3) is 11.4 Å². The largest absolute Gasteiger partial charge is 0.348 e. The summed E-state index contributed by atoms with van der Waals surface area (Å²) in [6.07, 6.45) is 2.99. The summed E-state index contributed by atoms with van der Waals surface area (Å²) in [7, 11) is 0. The molecule has 1 heterocycles. The maximum Gasteiger partial charge on any atom is 0.251 e. The van der Waals surface area contributed by atoms with E-state index in [0.717, 1.165) is 18.4 Å². The van der Waals surface area contributed by atoms with Crippen LogP contribution in [0.1, 0.15) is 49.9 Å². The van der Waals surface area contributed by atoms with E-state index in [0.29, 0.717) is 36.2 Å². The van der Waals surface area contributed by atoms with Gasteiger partial charge in [0.25, 0.3) is 5.91 Å². The quantitative estimate of drug-likeness (QED) is 0.842. The normalized spacial score (nSPS) is 15.8. The lowest BCUT2D eigenvalue weighted by Crippen LogP contribution is -2.41. The molecule has 1 atom stereocenters. The van der Waals surface area contributed by atoms with Crippen LogP contribution >= 0.6 is 0 Å². The zero-order valence-corrected chi connectivity index (χ0v) is 15.1. The van der Waals surface area contributed by atoms with Gasteiger partial charge in [0, 0.05) is 30.1 Å². The number of nitrogens with one attached hydrogen (secondary N) is 1. The van der Waals surface area contributed by atoms with Crippen molar-refractivity contribution in [1.29, 1.82) is 0 Å². The zero-order chi connectivity index (χ0) is 18.0. The van der Waals surface area contributed by atoms with Crippen molar-refractivity contribution >= 4 is 5.91 Å². The summed E-state index contributed by atoms with van der Waals surface area (Å²) in [5.41, 5.74) is 7.19. The van der Waals surface area contributed by atoms with Crippen LogP contribution in [0, 0.1) is 11.3 Å². The summed E-state index contributed by atoms with van der Waals surface area (Å²) in [6, 6.07) is 7.35. The number of carbonyl (C=O) groups is 1. The fraction of sp³-hybridized carbons (Fsp3) is 0.526. The first-order valence-electron chi connectivity index (χ1n) is 8.80. The molecule has 1 aromatic carbocycles. The van der Waals surface area contributed by atoms with E-state index >= 15 is 0 Å². The summed E-state index contributed by atoms with van der Waals surface area (Å²) in [6.45, 7) is 6.83. The molecule has 6 nitrogen and oxygen atoms in total. The molecular weight excluding hydrogens is 316 g/mol. The van der Waals surface area contributed by atoms with Crippen LogP contribution in [-0.4, -0.2) is 28.6 Å². The van der Waals surface area contributed by atoms with Crippen LogP contribution in [0.4, 0.5) is 0 Å². The summed E-state index contributed by atoms with van der Waals surface area (Å²) in [5.74, 6) is 1.53. The molecule has 0 bridgehead atoms. The van der Waals surface area contributed by atoms with E-state index in [-0.39, 0.29) is 17.4 Å². The van der Waals surface area contributed by atoms with Crippen LogP contribution in [0.15, 0.2) is 28.8 Å². The Morgan fingerprint density at radius 3 is 2.80 bits per heavy atom. The molecule has 0 spiro atoms. The lowest BCUT2D eigenvalue weighted by molar-refractivity contribution is 0.0933. The fourth-order valence-electron chi connectivity index (χ4n) is 2.82. The maximum absolute atomic E-state index is 12.5. The minimum Gasteiger partial charge on any atom is -0.348 e. The molecule has 0 aliphatic heterocycles. The van der Waals surface area contributed by atoms with Crippen molar-refractivity contribution in [3.8, 4) is 11.4 Å². The van der Waals surface area contributed by atoms with E-state index < -0.39 is 0 Å². The highest BCUT2D eigenvalue weighted by Crippen LogP contribution is 2.32. The van der Waals surface area contributed by atoms with Crippen molar-refractivity contribution in [3.63, 3.8) is 0 Å². The van der Waals surface area contributed by atoms with Gasteiger partial charge in [0.05, 0.1) is 0 Å². The van der Waals surface area contributed by atoms with E-state index in [2.05, 4.69) is 36.2 Å². The highest BCUT2D eigenvalue weighted by molar-refractivity contribution is 5.95. The number of nitrogens with zero attached hydrogens (tertiary/aromatic N) is 2. The Kier molecular flexibility index (Phi) is 4.90. The van der Waals surface area contributed by atoms with Crippen LogP contribution in [-0.2, 0) is 6.42 Å². The second-order valence-corrected chi connectivity index (χ2v) is 7.98. The lowest BCUT2D eigenvalue weighted by atomic mass is 9.92. The molecule has 1 amide bonds. The van der Waals surface area contributed by atoms with Gasteiger partial charge < -0.3 is 15.6 Å². The average molecular weight is 342 g/mol. The molecule has 134 valence electrons. The Hall–Kier alpha value is -2.21. The van der Waals surface area contributed by atoms with Crippen LogP contribution < -0.4 is 11.1 Å². The van der Waals surface area contributed by atoms with E-state index in [1.54, 1.807) is 12.1 Å². The third-order valence-corrected chi connectivity index (χ3v) is 4.29. The van der Waals surface area contributed by atoms with Gasteiger partial charge >= 0.3 is 0 Å². The first-order valence-corrected chi connectivity index (χ1v) is 8.80. The Labute approximate surface area is 148 Å². The molecule has 0 radical (unpaired) electrons. The standard InChI is InChI=1S/C19H26N4O2/c1-19(2,3)10-16-22-17(23-25-16)13-5-4-6-14(9-13)18(24)21-15(11-20)12-7-8-12/h4-6,9,12,15H,7-8,10-11,20H2,1-3H3,(H,21,24).